The molecule has 1 aromatic carbocycles. The summed E-state index contributed by atoms with van der Waals surface area (Å²) in [5.74, 6) is 0.884. The maximum absolute atomic E-state index is 4.58. The third-order valence-corrected chi connectivity index (χ3v) is 4.71. The SMILES string of the molecule is Cc1nnc2ccc3c(cc(-c4ccccn4)n3Cc3ccccc3)n12. The van der Waals surface area contributed by atoms with Crippen LogP contribution in [0.3, 0.4) is 0 Å². The van der Waals surface area contributed by atoms with Gasteiger partial charge >= 0.3 is 0 Å². The highest BCUT2D eigenvalue weighted by Gasteiger charge is 2.15. The van der Waals surface area contributed by atoms with Crippen molar-refractivity contribution in [2.45, 2.75) is 13.5 Å². The maximum Gasteiger partial charge on any atom is 0.161 e. The molecule has 5 nitrogen and oxygen atoms in total. The lowest BCUT2D eigenvalue weighted by Crippen LogP contribution is -2.02. The van der Waals surface area contributed by atoms with E-state index in [9.17, 15) is 0 Å². The van der Waals surface area contributed by atoms with Crippen molar-refractivity contribution < 1.29 is 0 Å². The minimum absolute atomic E-state index is 0.781. The van der Waals surface area contributed by atoms with E-state index in [-0.39, 0.29) is 0 Å². The van der Waals surface area contributed by atoms with E-state index in [1.165, 1.54) is 5.56 Å². The average molecular weight is 339 g/mol. The smallest absolute Gasteiger partial charge is 0.161 e. The number of hydrogen-bond donors (Lipinski definition) is 0. The molecule has 0 spiro atoms. The predicted octanol–water partition coefficient (Wildman–Crippen LogP) is 4.10. The molecule has 0 aliphatic rings. The second-order valence-electron chi connectivity index (χ2n) is 6.36. The first-order valence-corrected chi connectivity index (χ1v) is 8.60. The van der Waals surface area contributed by atoms with Gasteiger partial charge in [0.2, 0.25) is 0 Å². The molecule has 0 N–H and O–H groups in total. The van der Waals surface area contributed by atoms with E-state index >= 15 is 0 Å². The quantitative estimate of drug-likeness (QED) is 0.497. The Bertz CT molecular complexity index is 1200. The Balaban J connectivity index is 1.82. The molecule has 5 aromatic rings. The Morgan fingerprint density at radius 2 is 1.69 bits per heavy atom. The van der Waals surface area contributed by atoms with E-state index < -0.39 is 0 Å². The third-order valence-electron chi connectivity index (χ3n) is 4.71. The maximum atomic E-state index is 4.58. The van der Waals surface area contributed by atoms with Crippen LogP contribution in [-0.4, -0.2) is 24.1 Å². The largest absolute Gasteiger partial charge is 0.333 e. The molecule has 0 amide bonds. The summed E-state index contributed by atoms with van der Waals surface area (Å²) < 4.78 is 4.41. The van der Waals surface area contributed by atoms with Crippen LogP contribution >= 0.6 is 0 Å². The van der Waals surface area contributed by atoms with Crippen molar-refractivity contribution in [2.24, 2.45) is 0 Å². The molecular weight excluding hydrogens is 322 g/mol. The van der Waals surface area contributed by atoms with Gasteiger partial charge in [0.1, 0.15) is 5.82 Å². The summed E-state index contributed by atoms with van der Waals surface area (Å²) in [6, 6.07) is 22.8. The first kappa shape index (κ1) is 14.8. The van der Waals surface area contributed by atoms with E-state index in [2.05, 4.69) is 60.5 Å². The highest BCUT2D eigenvalue weighted by molar-refractivity contribution is 5.86. The zero-order valence-corrected chi connectivity index (χ0v) is 14.4. The number of nitrogens with zero attached hydrogens (tertiary/aromatic N) is 5. The lowest BCUT2D eigenvalue weighted by Gasteiger charge is -2.11. The summed E-state index contributed by atoms with van der Waals surface area (Å²) in [6.45, 7) is 2.76. The van der Waals surface area contributed by atoms with Crippen LogP contribution in [-0.2, 0) is 6.54 Å². The average Bonchev–Trinajstić information content (AvgIpc) is 3.24. The normalized spacial score (nSPS) is 11.4. The minimum atomic E-state index is 0.781. The molecule has 0 saturated heterocycles. The number of aromatic nitrogens is 5. The van der Waals surface area contributed by atoms with Crippen molar-refractivity contribution in [2.75, 3.05) is 0 Å². The van der Waals surface area contributed by atoms with Crippen molar-refractivity contribution in [3.8, 4) is 11.4 Å². The first-order chi connectivity index (χ1) is 12.8. The second-order valence-corrected chi connectivity index (χ2v) is 6.36. The van der Waals surface area contributed by atoms with Gasteiger partial charge in [-0.3, -0.25) is 9.38 Å². The number of hydrogen-bond acceptors (Lipinski definition) is 3. The van der Waals surface area contributed by atoms with Gasteiger partial charge in [0.05, 0.1) is 22.4 Å². The van der Waals surface area contributed by atoms with Gasteiger partial charge in [-0.15, -0.1) is 10.2 Å². The van der Waals surface area contributed by atoms with E-state index in [0.29, 0.717) is 0 Å². The summed E-state index contributed by atoms with van der Waals surface area (Å²) >= 11 is 0. The van der Waals surface area contributed by atoms with E-state index in [1.807, 2.05) is 43.5 Å². The van der Waals surface area contributed by atoms with Crippen LogP contribution in [0.1, 0.15) is 11.4 Å². The molecule has 26 heavy (non-hydrogen) atoms. The Labute approximate surface area is 150 Å². The molecule has 0 radical (unpaired) electrons. The number of rotatable bonds is 3. The molecule has 0 unspecified atom stereocenters. The van der Waals surface area contributed by atoms with Gasteiger partial charge in [0.25, 0.3) is 0 Å². The molecule has 0 bridgehead atoms. The van der Waals surface area contributed by atoms with Gasteiger partial charge in [-0.05, 0) is 42.8 Å². The molecular formula is C21H17N5. The standard InChI is InChI=1S/C21H17N5/c1-15-23-24-21-11-10-18-20(26(15)21)13-19(17-9-5-6-12-22-17)25(18)14-16-7-3-2-4-8-16/h2-13H,14H2,1H3. The van der Waals surface area contributed by atoms with Crippen LogP contribution in [0.5, 0.6) is 0 Å². The number of aryl methyl sites for hydroxylation is 1. The number of fused-ring (bicyclic) bond motifs is 3. The number of pyridine rings is 2. The summed E-state index contributed by atoms with van der Waals surface area (Å²) in [7, 11) is 0. The molecule has 0 fully saturated rings. The molecule has 0 aliphatic heterocycles. The van der Waals surface area contributed by atoms with E-state index in [1.54, 1.807) is 0 Å². The van der Waals surface area contributed by atoms with Crippen molar-refractivity contribution in [1.29, 1.82) is 0 Å². The van der Waals surface area contributed by atoms with Crippen LogP contribution in [0.4, 0.5) is 0 Å². The zero-order chi connectivity index (χ0) is 17.5. The first-order valence-electron chi connectivity index (χ1n) is 8.60. The van der Waals surface area contributed by atoms with Crippen LogP contribution in [0.2, 0.25) is 0 Å². The van der Waals surface area contributed by atoms with Gasteiger partial charge in [-0.1, -0.05) is 36.4 Å². The van der Waals surface area contributed by atoms with Gasteiger partial charge < -0.3 is 4.57 Å². The van der Waals surface area contributed by atoms with Gasteiger partial charge in [-0.25, -0.2) is 0 Å². The summed E-state index contributed by atoms with van der Waals surface area (Å²) in [5, 5.41) is 8.48. The molecule has 0 aliphatic carbocycles. The lowest BCUT2D eigenvalue weighted by atomic mass is 10.2. The highest BCUT2D eigenvalue weighted by Crippen LogP contribution is 2.29. The van der Waals surface area contributed by atoms with Crippen molar-refractivity contribution >= 4 is 16.7 Å². The van der Waals surface area contributed by atoms with Crippen molar-refractivity contribution in [3.63, 3.8) is 0 Å². The van der Waals surface area contributed by atoms with Crippen LogP contribution in [0.25, 0.3) is 28.1 Å². The molecule has 126 valence electrons. The Morgan fingerprint density at radius 1 is 0.846 bits per heavy atom. The van der Waals surface area contributed by atoms with Crippen LogP contribution in [0.15, 0.2) is 72.9 Å². The third kappa shape index (κ3) is 2.29. The summed E-state index contributed by atoms with van der Waals surface area (Å²) in [4.78, 5) is 4.58. The van der Waals surface area contributed by atoms with Crippen molar-refractivity contribution in [3.05, 3.63) is 84.3 Å². The monoisotopic (exact) mass is 339 g/mol. The van der Waals surface area contributed by atoms with Crippen LogP contribution in [0, 0.1) is 6.92 Å². The second kappa shape index (κ2) is 5.81. The minimum Gasteiger partial charge on any atom is -0.333 e. The van der Waals surface area contributed by atoms with Gasteiger partial charge in [-0.2, -0.15) is 0 Å². The molecule has 4 heterocycles. The van der Waals surface area contributed by atoms with E-state index in [4.69, 9.17) is 0 Å². The molecule has 0 saturated carbocycles. The van der Waals surface area contributed by atoms with Crippen LogP contribution < -0.4 is 0 Å². The fourth-order valence-electron chi connectivity index (χ4n) is 3.50. The molecule has 5 rings (SSSR count). The van der Waals surface area contributed by atoms with Crippen molar-refractivity contribution in [1.82, 2.24) is 24.1 Å². The summed E-state index contributed by atoms with van der Waals surface area (Å²) in [6.07, 6.45) is 1.83. The fraction of sp³-hybridized carbons (Fsp3) is 0.0952. The molecule has 5 heteroatoms. The predicted molar refractivity (Wildman–Crippen MR) is 102 cm³/mol. The highest BCUT2D eigenvalue weighted by atomic mass is 15.2. The topological polar surface area (TPSA) is 48.0 Å². The summed E-state index contributed by atoms with van der Waals surface area (Å²) in [5.41, 5.74) is 6.40. The van der Waals surface area contributed by atoms with E-state index in [0.717, 1.165) is 40.4 Å². The van der Waals surface area contributed by atoms with Gasteiger partial charge in [0.15, 0.2) is 5.65 Å². The molecule has 4 aromatic heterocycles. The Morgan fingerprint density at radius 3 is 2.50 bits per heavy atom. The Hall–Kier alpha value is -3.47. The molecule has 0 atom stereocenters. The Kier molecular flexibility index (Phi) is 3.31. The fourth-order valence-corrected chi connectivity index (χ4v) is 3.50. The lowest BCUT2D eigenvalue weighted by molar-refractivity contribution is 0.841. The van der Waals surface area contributed by atoms with Gasteiger partial charge in [0, 0.05) is 12.7 Å². The number of benzene rings is 1. The zero-order valence-electron chi connectivity index (χ0n) is 14.4.